The predicted molar refractivity (Wildman–Crippen MR) is 120 cm³/mol. The Morgan fingerprint density at radius 2 is 1.97 bits per heavy atom. The lowest BCUT2D eigenvalue weighted by Crippen LogP contribution is -2.39. The van der Waals surface area contributed by atoms with Gasteiger partial charge in [0.25, 0.3) is 5.91 Å². The standard InChI is InChI=1S/C20H21Cl2N5O3S/c1-12-9-18(22)27-19(23-12)11-16(24-27)17-5-3-4-8-26(17)20(28)14-10-13(21)6-7-15(14)25-31(2,29)30/h6-7,9-11,17,25H,3-5,8H2,1-2H3. The van der Waals surface area contributed by atoms with Crippen LogP contribution in [0.1, 0.15) is 47.1 Å². The highest BCUT2D eigenvalue weighted by molar-refractivity contribution is 7.92. The van der Waals surface area contributed by atoms with Crippen molar-refractivity contribution >= 4 is 50.5 Å². The third-order valence-corrected chi connectivity index (χ3v) is 6.24. The van der Waals surface area contributed by atoms with Gasteiger partial charge in [-0.3, -0.25) is 9.52 Å². The van der Waals surface area contributed by atoms with Crippen LogP contribution in [0.4, 0.5) is 5.69 Å². The minimum atomic E-state index is -3.57. The fourth-order valence-corrected chi connectivity index (χ4v) is 4.89. The van der Waals surface area contributed by atoms with Crippen molar-refractivity contribution in [2.75, 3.05) is 17.5 Å². The van der Waals surface area contributed by atoms with E-state index in [2.05, 4.69) is 14.8 Å². The van der Waals surface area contributed by atoms with Crippen molar-refractivity contribution in [2.45, 2.75) is 32.2 Å². The number of benzene rings is 1. The van der Waals surface area contributed by atoms with Crippen molar-refractivity contribution in [2.24, 2.45) is 0 Å². The molecule has 4 rings (SSSR count). The molecule has 0 saturated carbocycles. The lowest BCUT2D eigenvalue weighted by molar-refractivity contribution is 0.0607. The van der Waals surface area contributed by atoms with Gasteiger partial charge < -0.3 is 4.90 Å². The van der Waals surface area contributed by atoms with E-state index < -0.39 is 10.0 Å². The maximum absolute atomic E-state index is 13.5. The Balaban J connectivity index is 1.74. The van der Waals surface area contributed by atoms with Crippen LogP contribution in [0.3, 0.4) is 0 Å². The minimum absolute atomic E-state index is 0.191. The van der Waals surface area contributed by atoms with Crippen LogP contribution in [0, 0.1) is 6.92 Å². The Bertz CT molecular complexity index is 1280. The molecule has 1 N–H and O–H groups in total. The van der Waals surface area contributed by atoms with E-state index in [1.165, 1.54) is 18.2 Å². The van der Waals surface area contributed by atoms with Gasteiger partial charge >= 0.3 is 0 Å². The van der Waals surface area contributed by atoms with Gasteiger partial charge in [0.1, 0.15) is 5.15 Å². The number of hydrogen-bond donors (Lipinski definition) is 1. The van der Waals surface area contributed by atoms with Crippen LogP contribution in [0.5, 0.6) is 0 Å². The quantitative estimate of drug-likeness (QED) is 0.566. The fourth-order valence-electron chi connectivity index (χ4n) is 3.85. The molecule has 31 heavy (non-hydrogen) atoms. The second-order valence-electron chi connectivity index (χ2n) is 7.63. The first kappa shape index (κ1) is 21.9. The van der Waals surface area contributed by atoms with E-state index in [1.54, 1.807) is 15.5 Å². The zero-order valence-corrected chi connectivity index (χ0v) is 19.3. The van der Waals surface area contributed by atoms with Crippen molar-refractivity contribution in [3.63, 3.8) is 0 Å². The molecule has 1 aliphatic heterocycles. The second kappa shape index (κ2) is 8.29. The average molecular weight is 482 g/mol. The molecule has 0 spiro atoms. The number of nitrogens with one attached hydrogen (secondary N) is 1. The van der Waals surface area contributed by atoms with Crippen molar-refractivity contribution in [3.05, 3.63) is 57.5 Å². The molecule has 1 unspecified atom stereocenters. The molecule has 1 aromatic carbocycles. The molecule has 1 fully saturated rings. The third-order valence-electron chi connectivity index (χ3n) is 5.14. The van der Waals surface area contributed by atoms with Gasteiger partial charge in [0.05, 0.1) is 29.2 Å². The smallest absolute Gasteiger partial charge is 0.256 e. The number of rotatable bonds is 4. The minimum Gasteiger partial charge on any atom is -0.330 e. The number of likely N-dealkylation sites (tertiary alicyclic amines) is 1. The molecule has 1 saturated heterocycles. The van der Waals surface area contributed by atoms with Crippen molar-refractivity contribution in [3.8, 4) is 0 Å². The number of amides is 1. The van der Waals surface area contributed by atoms with Crippen LogP contribution < -0.4 is 4.72 Å². The number of halogens is 2. The van der Waals surface area contributed by atoms with Gasteiger partial charge in [-0.25, -0.2) is 17.9 Å². The lowest BCUT2D eigenvalue weighted by atomic mass is 9.98. The zero-order valence-electron chi connectivity index (χ0n) is 17.0. The summed E-state index contributed by atoms with van der Waals surface area (Å²) in [5.74, 6) is -0.314. The van der Waals surface area contributed by atoms with Crippen molar-refractivity contribution in [1.29, 1.82) is 0 Å². The van der Waals surface area contributed by atoms with Crippen LogP contribution in [0.15, 0.2) is 30.3 Å². The van der Waals surface area contributed by atoms with E-state index in [0.717, 1.165) is 31.2 Å². The Morgan fingerprint density at radius 3 is 2.71 bits per heavy atom. The van der Waals surface area contributed by atoms with Gasteiger partial charge in [-0.1, -0.05) is 23.2 Å². The van der Waals surface area contributed by atoms with Crippen LogP contribution in [-0.4, -0.2) is 46.6 Å². The highest BCUT2D eigenvalue weighted by Crippen LogP contribution is 2.34. The number of piperidine rings is 1. The van der Waals surface area contributed by atoms with E-state index >= 15 is 0 Å². The summed E-state index contributed by atoms with van der Waals surface area (Å²) in [5, 5.41) is 5.38. The Hall–Kier alpha value is -2.36. The number of aromatic nitrogens is 3. The molecule has 1 amide bonds. The van der Waals surface area contributed by atoms with Gasteiger partial charge in [0.2, 0.25) is 10.0 Å². The van der Waals surface area contributed by atoms with E-state index in [1.807, 2.05) is 13.0 Å². The van der Waals surface area contributed by atoms with Crippen LogP contribution in [-0.2, 0) is 10.0 Å². The Kier molecular flexibility index (Phi) is 5.85. The molecule has 0 bridgehead atoms. The summed E-state index contributed by atoms with van der Waals surface area (Å²) in [7, 11) is -3.57. The number of carbonyl (C=O) groups is 1. The lowest BCUT2D eigenvalue weighted by Gasteiger charge is -2.35. The predicted octanol–water partition coefficient (Wildman–Crippen LogP) is 4.08. The van der Waals surface area contributed by atoms with E-state index in [0.29, 0.717) is 28.1 Å². The number of carbonyl (C=O) groups excluding carboxylic acids is 1. The molecule has 1 atom stereocenters. The molecule has 3 heterocycles. The van der Waals surface area contributed by atoms with Gasteiger partial charge in [0.15, 0.2) is 5.65 Å². The summed E-state index contributed by atoms with van der Waals surface area (Å²) in [4.78, 5) is 19.7. The van der Waals surface area contributed by atoms with Gasteiger partial charge in [0, 0.05) is 23.3 Å². The number of hydrogen-bond acceptors (Lipinski definition) is 5. The van der Waals surface area contributed by atoms with Gasteiger partial charge in [-0.15, -0.1) is 0 Å². The third kappa shape index (κ3) is 4.63. The summed E-state index contributed by atoms with van der Waals surface area (Å²) in [6, 6.07) is 7.79. The average Bonchev–Trinajstić information content (AvgIpc) is 3.12. The first-order valence-electron chi connectivity index (χ1n) is 9.73. The number of nitrogens with zero attached hydrogens (tertiary/aromatic N) is 4. The van der Waals surface area contributed by atoms with E-state index in [-0.39, 0.29) is 23.2 Å². The van der Waals surface area contributed by atoms with Crippen LogP contribution >= 0.6 is 23.2 Å². The van der Waals surface area contributed by atoms with Gasteiger partial charge in [-0.05, 0) is 50.5 Å². The number of sulfonamides is 1. The first-order chi connectivity index (χ1) is 14.6. The maximum atomic E-state index is 13.5. The summed E-state index contributed by atoms with van der Waals surface area (Å²) in [5.41, 5.74) is 2.46. The highest BCUT2D eigenvalue weighted by Gasteiger charge is 2.32. The molecular weight excluding hydrogens is 461 g/mol. The molecule has 0 radical (unpaired) electrons. The monoisotopic (exact) mass is 481 g/mol. The Morgan fingerprint density at radius 1 is 1.19 bits per heavy atom. The molecule has 3 aromatic rings. The van der Waals surface area contributed by atoms with Crippen LogP contribution in [0.2, 0.25) is 10.2 Å². The summed E-state index contributed by atoms with van der Waals surface area (Å²) >= 11 is 12.4. The Labute approximate surface area is 190 Å². The first-order valence-corrected chi connectivity index (χ1v) is 12.4. The molecule has 0 aliphatic carbocycles. The maximum Gasteiger partial charge on any atom is 0.256 e. The molecular formula is C20H21Cl2N5O3S. The number of aryl methyl sites for hydroxylation is 1. The van der Waals surface area contributed by atoms with Crippen molar-refractivity contribution < 1.29 is 13.2 Å². The van der Waals surface area contributed by atoms with Crippen molar-refractivity contribution in [1.82, 2.24) is 19.5 Å². The topological polar surface area (TPSA) is 96.7 Å². The molecule has 8 nitrogen and oxygen atoms in total. The summed E-state index contributed by atoms with van der Waals surface area (Å²) in [6.07, 6.45) is 3.53. The SMILES string of the molecule is Cc1cc(Cl)n2nc(C3CCCCN3C(=O)c3cc(Cl)ccc3NS(C)(=O)=O)cc2n1. The number of fused-ring (bicyclic) bond motifs is 1. The molecule has 1 aliphatic rings. The molecule has 11 heteroatoms. The summed E-state index contributed by atoms with van der Waals surface area (Å²) < 4.78 is 27.5. The summed E-state index contributed by atoms with van der Waals surface area (Å²) in [6.45, 7) is 2.37. The zero-order chi connectivity index (χ0) is 22.3. The normalized spacial score (nSPS) is 17.2. The molecule has 164 valence electrons. The fraction of sp³-hybridized carbons (Fsp3) is 0.350. The van der Waals surface area contributed by atoms with E-state index in [4.69, 9.17) is 23.2 Å². The van der Waals surface area contributed by atoms with Gasteiger partial charge in [-0.2, -0.15) is 5.10 Å². The highest BCUT2D eigenvalue weighted by atomic mass is 35.5. The number of anilines is 1. The molecule has 2 aromatic heterocycles. The largest absolute Gasteiger partial charge is 0.330 e. The van der Waals surface area contributed by atoms with Crippen LogP contribution in [0.25, 0.3) is 5.65 Å². The second-order valence-corrected chi connectivity index (χ2v) is 10.2. The van der Waals surface area contributed by atoms with E-state index in [9.17, 15) is 13.2 Å².